The topological polar surface area (TPSA) is 38.1 Å². The van der Waals surface area contributed by atoms with Crippen molar-refractivity contribution in [1.82, 2.24) is 9.55 Å². The Morgan fingerprint density at radius 3 is 1.57 bits per heavy atom. The Balaban J connectivity index is 2.11. The second-order valence-corrected chi connectivity index (χ2v) is 6.93. The van der Waals surface area contributed by atoms with Crippen LogP contribution in [0.2, 0.25) is 0 Å². The van der Waals surface area contributed by atoms with Gasteiger partial charge in [-0.15, -0.1) is 0 Å². The van der Waals surface area contributed by atoms with Crippen LogP contribution in [0.15, 0.2) is 97.3 Å². The molecule has 0 spiro atoms. The molecule has 4 rings (SSSR count). The van der Waals surface area contributed by atoms with Gasteiger partial charge in [0, 0.05) is 18.7 Å². The number of aliphatic hydroxyl groups is 1. The monoisotopic (exact) mass is 368 g/mol. The summed E-state index contributed by atoms with van der Waals surface area (Å²) in [5.41, 5.74) is 4.95. The Kier molecular flexibility index (Phi) is 5.09. The van der Waals surface area contributed by atoms with Crippen molar-refractivity contribution in [2.45, 2.75) is 18.9 Å². The molecule has 0 saturated carbocycles. The van der Waals surface area contributed by atoms with Gasteiger partial charge in [-0.3, -0.25) is 0 Å². The van der Waals surface area contributed by atoms with E-state index in [1.165, 1.54) is 16.7 Å². The highest BCUT2D eigenvalue weighted by Gasteiger charge is 2.39. The third kappa shape index (κ3) is 2.94. The number of benzene rings is 3. The molecular weight excluding hydrogens is 344 g/mol. The minimum Gasteiger partial charge on any atom is -0.396 e. The van der Waals surface area contributed by atoms with Crippen molar-refractivity contribution in [3.05, 3.63) is 125 Å². The molecule has 0 saturated heterocycles. The predicted octanol–water partition coefficient (Wildman–Crippen LogP) is 4.57. The van der Waals surface area contributed by atoms with Gasteiger partial charge in [-0.05, 0) is 23.6 Å². The average Bonchev–Trinajstić information content (AvgIpc) is 3.12. The molecule has 1 N–H and O–H groups in total. The molecule has 0 aliphatic rings. The molecule has 0 radical (unpaired) electrons. The van der Waals surface area contributed by atoms with Gasteiger partial charge in [0.05, 0.1) is 12.0 Å². The van der Waals surface area contributed by atoms with E-state index in [1.54, 1.807) is 0 Å². The minimum absolute atomic E-state index is 0.0901. The molecule has 0 bridgehead atoms. The maximum absolute atomic E-state index is 9.46. The summed E-state index contributed by atoms with van der Waals surface area (Å²) in [5.74, 6) is 0. The molecular formula is C25H24N2O. The molecule has 0 fully saturated rings. The predicted molar refractivity (Wildman–Crippen MR) is 112 cm³/mol. The molecule has 140 valence electrons. The summed E-state index contributed by atoms with van der Waals surface area (Å²) in [6.45, 7) is 2.18. The summed E-state index contributed by atoms with van der Waals surface area (Å²) < 4.78 is 2.25. The number of hydrogen-bond acceptors (Lipinski definition) is 2. The van der Waals surface area contributed by atoms with Crippen LogP contribution in [0.25, 0.3) is 0 Å². The van der Waals surface area contributed by atoms with Crippen LogP contribution in [0, 0.1) is 6.92 Å². The van der Waals surface area contributed by atoms with Crippen LogP contribution in [0.4, 0.5) is 0 Å². The van der Waals surface area contributed by atoms with Gasteiger partial charge in [-0.1, -0.05) is 91.0 Å². The summed E-state index contributed by atoms with van der Waals surface area (Å²) in [5, 5.41) is 9.46. The van der Waals surface area contributed by atoms with Crippen LogP contribution in [-0.2, 0) is 12.0 Å². The number of aromatic nitrogens is 2. The largest absolute Gasteiger partial charge is 0.396 e. The fraction of sp³-hybridized carbons (Fsp3) is 0.160. The van der Waals surface area contributed by atoms with Crippen molar-refractivity contribution in [2.24, 2.45) is 0 Å². The van der Waals surface area contributed by atoms with Crippen LogP contribution >= 0.6 is 0 Å². The van der Waals surface area contributed by atoms with Crippen LogP contribution < -0.4 is 0 Å². The Labute approximate surface area is 165 Å². The maximum Gasteiger partial charge on any atom is 0.121 e. The number of aliphatic hydroxyl groups excluding tert-OH is 1. The Morgan fingerprint density at radius 2 is 1.18 bits per heavy atom. The van der Waals surface area contributed by atoms with Gasteiger partial charge in [0.1, 0.15) is 5.54 Å². The number of imidazole rings is 1. The smallest absolute Gasteiger partial charge is 0.121 e. The summed E-state index contributed by atoms with van der Waals surface area (Å²) in [4.78, 5) is 4.65. The highest BCUT2D eigenvalue weighted by Crippen LogP contribution is 2.41. The molecule has 28 heavy (non-hydrogen) atoms. The molecule has 3 nitrogen and oxygen atoms in total. The molecule has 0 unspecified atom stereocenters. The van der Waals surface area contributed by atoms with Crippen molar-refractivity contribution >= 4 is 0 Å². The van der Waals surface area contributed by atoms with E-state index in [-0.39, 0.29) is 6.61 Å². The quantitative estimate of drug-likeness (QED) is 0.507. The highest BCUT2D eigenvalue weighted by molar-refractivity contribution is 5.51. The van der Waals surface area contributed by atoms with Gasteiger partial charge in [0.2, 0.25) is 0 Å². The maximum atomic E-state index is 9.46. The van der Waals surface area contributed by atoms with Crippen molar-refractivity contribution in [3.63, 3.8) is 0 Å². The fourth-order valence-electron chi connectivity index (χ4n) is 4.09. The van der Waals surface area contributed by atoms with Crippen LogP contribution in [0.3, 0.4) is 0 Å². The first-order valence-corrected chi connectivity index (χ1v) is 9.59. The fourth-order valence-corrected chi connectivity index (χ4v) is 4.09. The standard InChI is InChI=1S/C25H24N2O/c1-20-24(17-18-28)26-19-27(20)25(21-11-5-2-6-12-21,22-13-7-3-8-14-22)23-15-9-4-10-16-23/h2-16,19,28H,17-18H2,1H3. The first kappa shape index (κ1) is 18.2. The first-order chi connectivity index (χ1) is 13.8. The van der Waals surface area contributed by atoms with E-state index in [9.17, 15) is 5.11 Å². The zero-order valence-corrected chi connectivity index (χ0v) is 16.0. The van der Waals surface area contributed by atoms with Gasteiger partial charge in [0.15, 0.2) is 0 Å². The second kappa shape index (κ2) is 7.83. The Hall–Kier alpha value is -3.17. The van der Waals surface area contributed by atoms with E-state index >= 15 is 0 Å². The van der Waals surface area contributed by atoms with Crippen LogP contribution in [-0.4, -0.2) is 21.3 Å². The normalized spacial score (nSPS) is 11.5. The van der Waals surface area contributed by atoms with Gasteiger partial charge < -0.3 is 9.67 Å². The molecule has 0 aliphatic heterocycles. The van der Waals surface area contributed by atoms with E-state index in [2.05, 4.69) is 89.3 Å². The van der Waals surface area contributed by atoms with E-state index < -0.39 is 5.54 Å². The first-order valence-electron chi connectivity index (χ1n) is 9.59. The zero-order valence-electron chi connectivity index (χ0n) is 16.0. The Morgan fingerprint density at radius 1 is 0.750 bits per heavy atom. The lowest BCUT2D eigenvalue weighted by Gasteiger charge is -2.38. The Bertz CT molecular complexity index is 927. The number of hydrogen-bond donors (Lipinski definition) is 1. The lowest BCUT2D eigenvalue weighted by atomic mass is 9.76. The van der Waals surface area contributed by atoms with E-state index in [4.69, 9.17) is 0 Å². The number of nitrogens with zero attached hydrogens (tertiary/aromatic N) is 2. The van der Waals surface area contributed by atoms with Gasteiger partial charge >= 0.3 is 0 Å². The van der Waals surface area contributed by atoms with Gasteiger partial charge in [-0.25, -0.2) is 4.98 Å². The van der Waals surface area contributed by atoms with Gasteiger partial charge in [0.25, 0.3) is 0 Å². The summed E-state index contributed by atoms with van der Waals surface area (Å²) >= 11 is 0. The SMILES string of the molecule is Cc1c(CCO)ncn1C(c1ccccc1)(c1ccccc1)c1ccccc1. The van der Waals surface area contributed by atoms with Crippen molar-refractivity contribution in [1.29, 1.82) is 0 Å². The average molecular weight is 368 g/mol. The molecule has 1 aromatic heterocycles. The molecule has 0 atom stereocenters. The van der Waals surface area contributed by atoms with E-state index in [1.807, 2.05) is 24.5 Å². The number of rotatable bonds is 6. The minimum atomic E-state index is -0.547. The van der Waals surface area contributed by atoms with Crippen molar-refractivity contribution in [2.75, 3.05) is 6.61 Å². The summed E-state index contributed by atoms with van der Waals surface area (Å²) in [6.07, 6.45) is 2.46. The molecule has 4 aromatic rings. The summed E-state index contributed by atoms with van der Waals surface area (Å²) in [6, 6.07) is 31.6. The van der Waals surface area contributed by atoms with E-state index in [0.29, 0.717) is 6.42 Å². The molecule has 3 heteroatoms. The molecule has 1 heterocycles. The van der Waals surface area contributed by atoms with E-state index in [0.717, 1.165) is 11.4 Å². The lowest BCUT2D eigenvalue weighted by Crippen LogP contribution is -2.38. The van der Waals surface area contributed by atoms with Crippen LogP contribution in [0.5, 0.6) is 0 Å². The summed E-state index contributed by atoms with van der Waals surface area (Å²) in [7, 11) is 0. The van der Waals surface area contributed by atoms with Gasteiger partial charge in [-0.2, -0.15) is 0 Å². The lowest BCUT2D eigenvalue weighted by molar-refractivity contribution is 0.298. The molecule has 0 aliphatic carbocycles. The van der Waals surface area contributed by atoms with Crippen molar-refractivity contribution in [3.8, 4) is 0 Å². The highest BCUT2D eigenvalue weighted by atomic mass is 16.3. The van der Waals surface area contributed by atoms with Crippen molar-refractivity contribution < 1.29 is 5.11 Å². The second-order valence-electron chi connectivity index (χ2n) is 6.93. The third-order valence-electron chi connectivity index (χ3n) is 5.39. The zero-order chi connectivity index (χ0) is 19.4. The third-order valence-corrected chi connectivity index (χ3v) is 5.39. The molecule has 3 aromatic carbocycles. The van der Waals surface area contributed by atoms with Crippen LogP contribution in [0.1, 0.15) is 28.1 Å². The molecule has 0 amide bonds.